The maximum atomic E-state index is 11.4. The highest BCUT2D eigenvalue weighted by Gasteiger charge is 2.09. The summed E-state index contributed by atoms with van der Waals surface area (Å²) in [7, 11) is 0. The summed E-state index contributed by atoms with van der Waals surface area (Å²) in [5.41, 5.74) is 1.17. The number of hydrogen-bond acceptors (Lipinski definition) is 5. The Labute approximate surface area is 117 Å². The molecule has 5 nitrogen and oxygen atoms in total. The molecule has 0 spiro atoms. The van der Waals surface area contributed by atoms with E-state index >= 15 is 0 Å². The topological polar surface area (TPSA) is 78.8 Å². The summed E-state index contributed by atoms with van der Waals surface area (Å²) < 4.78 is 4.85. The average Bonchev–Trinajstić information content (AvgIpc) is 2.39. The highest BCUT2D eigenvalue weighted by molar-refractivity contribution is 6.18. The van der Waals surface area contributed by atoms with Crippen molar-refractivity contribution in [3.8, 4) is 5.75 Å². The number of hydrogen-bond donors (Lipinski definition) is 3. The van der Waals surface area contributed by atoms with E-state index in [0.29, 0.717) is 12.3 Å². The normalized spacial score (nSPS) is 11.9. The van der Waals surface area contributed by atoms with Gasteiger partial charge in [-0.3, -0.25) is 4.79 Å². The van der Waals surface area contributed by atoms with E-state index in [1.54, 1.807) is 19.1 Å². The molecule has 0 amide bonds. The molecule has 1 aromatic carbocycles. The van der Waals surface area contributed by atoms with Crippen LogP contribution in [-0.2, 0) is 16.0 Å². The zero-order valence-electron chi connectivity index (χ0n) is 10.7. The smallest absolute Gasteiger partial charge is 0.310 e. The molecule has 0 radical (unpaired) electrons. The summed E-state index contributed by atoms with van der Waals surface area (Å²) in [5, 5.41) is 21.9. The molecule has 0 saturated heterocycles. The molecule has 3 N–H and O–H groups in total. The fourth-order valence-corrected chi connectivity index (χ4v) is 1.60. The number of carbonyl (C=O) groups excluding carboxylic acids is 1. The lowest BCUT2D eigenvalue weighted by atomic mass is 10.1. The maximum Gasteiger partial charge on any atom is 0.310 e. The lowest BCUT2D eigenvalue weighted by Crippen LogP contribution is -2.20. The summed E-state index contributed by atoms with van der Waals surface area (Å²) in [4.78, 5) is 11.4. The molecule has 0 aliphatic heterocycles. The number of benzene rings is 1. The molecule has 1 rings (SSSR count). The van der Waals surface area contributed by atoms with Crippen molar-refractivity contribution in [1.82, 2.24) is 0 Å². The van der Waals surface area contributed by atoms with Gasteiger partial charge in [0, 0.05) is 6.54 Å². The van der Waals surface area contributed by atoms with E-state index in [1.807, 2.05) is 0 Å². The molecule has 106 valence electrons. The van der Waals surface area contributed by atoms with E-state index in [4.69, 9.17) is 16.3 Å². The van der Waals surface area contributed by atoms with E-state index in [9.17, 15) is 15.0 Å². The number of rotatable bonds is 7. The molecule has 0 bridgehead atoms. The van der Waals surface area contributed by atoms with Crippen molar-refractivity contribution in [2.75, 3.05) is 24.3 Å². The van der Waals surface area contributed by atoms with Crippen molar-refractivity contribution in [2.24, 2.45) is 0 Å². The molecule has 1 aromatic rings. The quantitative estimate of drug-likeness (QED) is 0.402. The van der Waals surface area contributed by atoms with Gasteiger partial charge in [0.1, 0.15) is 5.75 Å². The first kappa shape index (κ1) is 15.6. The lowest BCUT2D eigenvalue weighted by molar-refractivity contribution is -0.142. The Morgan fingerprint density at radius 1 is 1.53 bits per heavy atom. The number of aliphatic hydroxyl groups excluding tert-OH is 1. The number of phenols is 1. The fourth-order valence-electron chi connectivity index (χ4n) is 1.50. The van der Waals surface area contributed by atoms with Crippen molar-refractivity contribution >= 4 is 23.3 Å². The van der Waals surface area contributed by atoms with E-state index in [0.717, 1.165) is 5.56 Å². The maximum absolute atomic E-state index is 11.4. The van der Waals surface area contributed by atoms with Gasteiger partial charge in [0.25, 0.3) is 0 Å². The van der Waals surface area contributed by atoms with Gasteiger partial charge in [-0.1, -0.05) is 6.07 Å². The Morgan fingerprint density at radius 3 is 2.89 bits per heavy atom. The molecule has 0 aliphatic rings. The Kier molecular flexibility index (Phi) is 6.45. The highest BCUT2D eigenvalue weighted by Crippen LogP contribution is 2.24. The molecular formula is C13H18ClNO4. The van der Waals surface area contributed by atoms with Crippen molar-refractivity contribution in [3.63, 3.8) is 0 Å². The molecule has 6 heteroatoms. The van der Waals surface area contributed by atoms with Gasteiger partial charge in [-0.2, -0.15) is 0 Å². The first-order valence-electron chi connectivity index (χ1n) is 6.02. The van der Waals surface area contributed by atoms with Crippen LogP contribution in [0.2, 0.25) is 0 Å². The van der Waals surface area contributed by atoms with Crippen molar-refractivity contribution < 1.29 is 19.7 Å². The second-order valence-corrected chi connectivity index (χ2v) is 4.33. The fraction of sp³-hybridized carbons (Fsp3) is 0.462. The summed E-state index contributed by atoms with van der Waals surface area (Å²) in [6.07, 6.45) is -0.560. The number of anilines is 1. The third kappa shape index (κ3) is 5.36. The third-order valence-corrected chi connectivity index (χ3v) is 2.78. The van der Waals surface area contributed by atoms with Gasteiger partial charge >= 0.3 is 5.97 Å². The number of alkyl halides is 1. The van der Waals surface area contributed by atoms with Gasteiger partial charge in [0.2, 0.25) is 0 Å². The number of carbonyl (C=O) groups is 1. The number of halogens is 1. The minimum absolute atomic E-state index is 0.0504. The predicted molar refractivity (Wildman–Crippen MR) is 73.7 cm³/mol. The van der Waals surface area contributed by atoms with Crippen LogP contribution >= 0.6 is 11.6 Å². The van der Waals surface area contributed by atoms with Crippen molar-refractivity contribution in [3.05, 3.63) is 23.8 Å². The van der Waals surface area contributed by atoms with Gasteiger partial charge in [0.15, 0.2) is 0 Å². The minimum Gasteiger partial charge on any atom is -0.506 e. The van der Waals surface area contributed by atoms with Crippen LogP contribution in [-0.4, -0.2) is 41.3 Å². The molecule has 0 saturated carbocycles. The van der Waals surface area contributed by atoms with Crippen LogP contribution in [0.3, 0.4) is 0 Å². The van der Waals surface area contributed by atoms with Crippen LogP contribution in [0.15, 0.2) is 18.2 Å². The zero-order chi connectivity index (χ0) is 14.3. The lowest BCUT2D eigenvalue weighted by Gasteiger charge is -2.12. The first-order chi connectivity index (χ1) is 9.06. The van der Waals surface area contributed by atoms with Crippen LogP contribution in [0.4, 0.5) is 5.69 Å². The minimum atomic E-state index is -0.699. The Balaban J connectivity index is 2.68. The third-order valence-electron chi connectivity index (χ3n) is 2.42. The van der Waals surface area contributed by atoms with E-state index < -0.39 is 6.10 Å². The summed E-state index contributed by atoms with van der Waals surface area (Å²) >= 11 is 5.48. The van der Waals surface area contributed by atoms with Gasteiger partial charge in [-0.15, -0.1) is 11.6 Å². The SMILES string of the molecule is CCOC(=O)Cc1ccc(O)c(NCC(O)CCl)c1. The van der Waals surface area contributed by atoms with E-state index in [2.05, 4.69) is 5.32 Å². The molecular weight excluding hydrogens is 270 g/mol. The average molecular weight is 288 g/mol. The summed E-state index contributed by atoms with van der Waals surface area (Å²) in [6, 6.07) is 4.78. The molecule has 0 aromatic heterocycles. The van der Waals surface area contributed by atoms with E-state index in [1.165, 1.54) is 6.07 Å². The monoisotopic (exact) mass is 287 g/mol. The molecule has 0 aliphatic carbocycles. The summed E-state index contributed by atoms with van der Waals surface area (Å²) in [6.45, 7) is 2.30. The first-order valence-corrected chi connectivity index (χ1v) is 6.55. The Hall–Kier alpha value is -1.46. The van der Waals surface area contributed by atoms with Crippen LogP contribution < -0.4 is 5.32 Å². The highest BCUT2D eigenvalue weighted by atomic mass is 35.5. The predicted octanol–water partition coefficient (Wildman–Crippen LogP) is 1.51. The second kappa shape index (κ2) is 7.86. The van der Waals surface area contributed by atoms with Crippen LogP contribution in [0.25, 0.3) is 0 Å². The number of ether oxygens (including phenoxy) is 1. The number of phenolic OH excluding ortho intramolecular Hbond substituents is 1. The van der Waals surface area contributed by atoms with Gasteiger partial charge in [0.05, 0.1) is 30.7 Å². The van der Waals surface area contributed by atoms with Gasteiger partial charge < -0.3 is 20.3 Å². The molecule has 19 heavy (non-hydrogen) atoms. The van der Waals surface area contributed by atoms with Crippen molar-refractivity contribution in [1.29, 1.82) is 0 Å². The number of aliphatic hydroxyl groups is 1. The van der Waals surface area contributed by atoms with Crippen LogP contribution in [0.5, 0.6) is 5.75 Å². The largest absolute Gasteiger partial charge is 0.506 e. The number of nitrogens with one attached hydrogen (secondary N) is 1. The molecule has 1 unspecified atom stereocenters. The standard InChI is InChI=1S/C13H18ClNO4/c1-2-19-13(18)6-9-3-4-12(17)11(5-9)15-8-10(16)7-14/h3-5,10,15-17H,2,6-8H2,1H3. The second-order valence-electron chi connectivity index (χ2n) is 4.02. The zero-order valence-corrected chi connectivity index (χ0v) is 11.5. The van der Waals surface area contributed by atoms with Gasteiger partial charge in [-0.05, 0) is 24.6 Å². The Bertz CT molecular complexity index is 425. The van der Waals surface area contributed by atoms with Crippen LogP contribution in [0, 0.1) is 0 Å². The van der Waals surface area contributed by atoms with Crippen molar-refractivity contribution in [2.45, 2.75) is 19.4 Å². The van der Waals surface area contributed by atoms with E-state index in [-0.39, 0.29) is 30.6 Å². The molecule has 1 atom stereocenters. The van der Waals surface area contributed by atoms with Gasteiger partial charge in [-0.25, -0.2) is 0 Å². The van der Waals surface area contributed by atoms with Crippen LogP contribution in [0.1, 0.15) is 12.5 Å². The number of esters is 1. The molecule has 0 heterocycles. The Morgan fingerprint density at radius 2 is 2.26 bits per heavy atom. The number of aromatic hydroxyl groups is 1. The molecule has 0 fully saturated rings. The summed E-state index contributed by atoms with van der Waals surface area (Å²) in [5.74, 6) is -0.162.